The summed E-state index contributed by atoms with van der Waals surface area (Å²) in [5.74, 6) is 0.183. The van der Waals surface area contributed by atoms with Crippen LogP contribution in [0.15, 0.2) is 42.9 Å². The highest BCUT2D eigenvalue weighted by molar-refractivity contribution is 6.04. The van der Waals surface area contributed by atoms with Crippen molar-refractivity contribution in [2.24, 2.45) is 0 Å². The highest BCUT2D eigenvalue weighted by Crippen LogP contribution is 2.29. The van der Waals surface area contributed by atoms with E-state index in [2.05, 4.69) is 25.3 Å². The van der Waals surface area contributed by atoms with Gasteiger partial charge >= 0.3 is 6.18 Å². The molecular weight excluding hydrogens is 397 g/mol. The number of halogens is 3. The number of hydrogen-bond acceptors (Lipinski definition) is 5. The second-order valence-corrected chi connectivity index (χ2v) is 7.01. The van der Waals surface area contributed by atoms with Crippen molar-refractivity contribution in [3.8, 4) is 5.82 Å². The normalized spacial score (nSPS) is 14.2. The number of nitrogens with one attached hydrogen (secondary N) is 1. The molecule has 1 aliphatic rings. The Kier molecular flexibility index (Phi) is 5.15. The van der Waals surface area contributed by atoms with E-state index in [0.717, 1.165) is 43.9 Å². The van der Waals surface area contributed by atoms with E-state index in [9.17, 15) is 18.0 Å². The Morgan fingerprint density at radius 1 is 1.03 bits per heavy atom. The average Bonchev–Trinajstić information content (AvgIpc) is 3.38. The van der Waals surface area contributed by atoms with E-state index in [1.54, 1.807) is 19.2 Å². The van der Waals surface area contributed by atoms with E-state index in [-0.39, 0.29) is 11.4 Å². The van der Waals surface area contributed by atoms with Gasteiger partial charge in [0, 0.05) is 19.3 Å². The van der Waals surface area contributed by atoms with E-state index in [0.29, 0.717) is 11.5 Å². The summed E-state index contributed by atoms with van der Waals surface area (Å²) in [4.78, 5) is 23.0. The first-order valence-electron chi connectivity index (χ1n) is 9.43. The maximum Gasteiger partial charge on any atom is 0.417 e. The first-order chi connectivity index (χ1) is 14.3. The van der Waals surface area contributed by atoms with E-state index in [1.165, 1.54) is 16.9 Å². The number of anilines is 2. The van der Waals surface area contributed by atoms with Crippen LogP contribution in [0.5, 0.6) is 0 Å². The van der Waals surface area contributed by atoms with Crippen molar-refractivity contribution in [1.82, 2.24) is 19.7 Å². The molecule has 3 aromatic rings. The van der Waals surface area contributed by atoms with Crippen LogP contribution in [0.3, 0.4) is 0 Å². The van der Waals surface area contributed by atoms with Gasteiger partial charge in [0.15, 0.2) is 5.82 Å². The minimum Gasteiger partial charge on any atom is -0.370 e. The van der Waals surface area contributed by atoms with E-state index >= 15 is 0 Å². The molecule has 0 atom stereocenters. The Balaban J connectivity index is 1.48. The third kappa shape index (κ3) is 3.98. The Labute approximate surface area is 170 Å². The monoisotopic (exact) mass is 416 g/mol. The minimum absolute atomic E-state index is 0.188. The second-order valence-electron chi connectivity index (χ2n) is 7.01. The SMILES string of the molecule is Cc1c(C(=O)Nc2ccc(N3CCCC3)cn2)cnn1-c1ccc(C(F)(F)F)cn1. The lowest BCUT2D eigenvalue weighted by Gasteiger charge is -2.17. The molecule has 0 spiro atoms. The average molecular weight is 416 g/mol. The quantitative estimate of drug-likeness (QED) is 0.699. The van der Waals surface area contributed by atoms with E-state index in [1.807, 2.05) is 6.07 Å². The van der Waals surface area contributed by atoms with Crippen LogP contribution >= 0.6 is 0 Å². The van der Waals surface area contributed by atoms with Crippen LogP contribution in [-0.4, -0.2) is 38.7 Å². The minimum atomic E-state index is -4.47. The molecule has 0 aromatic carbocycles. The van der Waals surface area contributed by atoms with Crippen LogP contribution < -0.4 is 10.2 Å². The van der Waals surface area contributed by atoms with Crippen molar-refractivity contribution in [3.05, 3.63) is 59.7 Å². The lowest BCUT2D eigenvalue weighted by molar-refractivity contribution is -0.137. The molecule has 4 heterocycles. The number of hydrogen-bond donors (Lipinski definition) is 1. The van der Waals surface area contributed by atoms with Crippen molar-refractivity contribution >= 4 is 17.4 Å². The summed E-state index contributed by atoms with van der Waals surface area (Å²) in [7, 11) is 0. The van der Waals surface area contributed by atoms with Crippen molar-refractivity contribution in [3.63, 3.8) is 0 Å². The zero-order valence-corrected chi connectivity index (χ0v) is 16.1. The molecule has 0 radical (unpaired) electrons. The van der Waals surface area contributed by atoms with Crippen LogP contribution in [-0.2, 0) is 6.18 Å². The van der Waals surface area contributed by atoms with Gasteiger partial charge in [0.05, 0.1) is 34.9 Å². The summed E-state index contributed by atoms with van der Waals surface area (Å²) >= 11 is 0. The molecule has 10 heteroatoms. The lowest BCUT2D eigenvalue weighted by Crippen LogP contribution is -2.18. The van der Waals surface area contributed by atoms with E-state index < -0.39 is 17.6 Å². The smallest absolute Gasteiger partial charge is 0.370 e. The van der Waals surface area contributed by atoms with Gasteiger partial charge in [0.2, 0.25) is 0 Å². The van der Waals surface area contributed by atoms with Gasteiger partial charge < -0.3 is 10.2 Å². The molecule has 3 aromatic heterocycles. The molecule has 4 rings (SSSR count). The molecule has 0 saturated carbocycles. The third-order valence-electron chi connectivity index (χ3n) is 5.01. The number of carbonyl (C=O) groups is 1. The maximum absolute atomic E-state index is 12.7. The summed E-state index contributed by atoms with van der Waals surface area (Å²) in [5, 5.41) is 6.81. The fourth-order valence-electron chi connectivity index (χ4n) is 3.35. The molecule has 1 aliphatic heterocycles. The molecule has 156 valence electrons. The fraction of sp³-hybridized carbons (Fsp3) is 0.300. The molecule has 0 aliphatic carbocycles. The Morgan fingerprint density at radius 2 is 1.80 bits per heavy atom. The number of carbonyl (C=O) groups excluding carboxylic acids is 1. The first kappa shape index (κ1) is 19.9. The van der Waals surface area contributed by atoms with Crippen molar-refractivity contribution in [2.45, 2.75) is 25.9 Å². The zero-order valence-electron chi connectivity index (χ0n) is 16.1. The standard InChI is InChI=1S/C20H19F3N6O/c1-13-16(12-26-29(13)18-7-4-14(10-25-18)20(21,22)23)19(30)27-17-6-5-15(11-24-17)28-8-2-3-9-28/h4-7,10-12H,2-3,8-9H2,1H3,(H,24,27,30). The maximum atomic E-state index is 12.7. The van der Waals surface area contributed by atoms with Crippen molar-refractivity contribution < 1.29 is 18.0 Å². The highest BCUT2D eigenvalue weighted by atomic mass is 19.4. The number of aromatic nitrogens is 4. The summed E-state index contributed by atoms with van der Waals surface area (Å²) in [5.41, 5.74) is 0.899. The third-order valence-corrected chi connectivity index (χ3v) is 5.01. The topological polar surface area (TPSA) is 75.9 Å². The van der Waals surface area contributed by atoms with Gasteiger partial charge in [-0.3, -0.25) is 4.79 Å². The summed E-state index contributed by atoms with van der Waals surface area (Å²) in [6, 6.07) is 5.79. The van der Waals surface area contributed by atoms with Crippen LogP contribution in [0.1, 0.15) is 34.5 Å². The second kappa shape index (κ2) is 7.77. The van der Waals surface area contributed by atoms with Crippen molar-refractivity contribution in [1.29, 1.82) is 0 Å². The first-order valence-corrected chi connectivity index (χ1v) is 9.43. The molecule has 1 amide bonds. The number of amides is 1. The highest BCUT2D eigenvalue weighted by Gasteiger charge is 2.30. The van der Waals surface area contributed by atoms with E-state index in [4.69, 9.17) is 0 Å². The van der Waals surface area contributed by atoms with Crippen molar-refractivity contribution in [2.75, 3.05) is 23.3 Å². The Morgan fingerprint density at radius 3 is 2.40 bits per heavy atom. The van der Waals surface area contributed by atoms with Gasteiger partial charge in [0.1, 0.15) is 5.82 Å². The molecule has 0 unspecified atom stereocenters. The molecule has 1 saturated heterocycles. The summed E-state index contributed by atoms with van der Waals surface area (Å²) < 4.78 is 39.4. The summed E-state index contributed by atoms with van der Waals surface area (Å²) in [6.45, 7) is 3.65. The number of nitrogens with zero attached hydrogens (tertiary/aromatic N) is 5. The predicted molar refractivity (Wildman–Crippen MR) is 105 cm³/mol. The predicted octanol–water partition coefficient (Wildman–Crippen LogP) is 3.84. The summed E-state index contributed by atoms with van der Waals surface area (Å²) in [6.07, 6.45) is 1.67. The number of pyridine rings is 2. The lowest BCUT2D eigenvalue weighted by atomic mass is 10.2. The zero-order chi connectivity index (χ0) is 21.3. The van der Waals surface area contributed by atoms with Gasteiger partial charge in [-0.25, -0.2) is 14.6 Å². The number of rotatable bonds is 4. The van der Waals surface area contributed by atoms with Crippen LogP contribution in [0, 0.1) is 6.92 Å². The molecule has 7 nitrogen and oxygen atoms in total. The molecular formula is C20H19F3N6O. The molecule has 0 bridgehead atoms. The van der Waals surface area contributed by atoms with Gasteiger partial charge in [-0.1, -0.05) is 0 Å². The van der Waals surface area contributed by atoms with Crippen LogP contribution in [0.4, 0.5) is 24.7 Å². The fourth-order valence-corrected chi connectivity index (χ4v) is 3.35. The van der Waals surface area contributed by atoms with Gasteiger partial charge in [0.25, 0.3) is 5.91 Å². The largest absolute Gasteiger partial charge is 0.417 e. The molecule has 1 fully saturated rings. The molecule has 30 heavy (non-hydrogen) atoms. The Hall–Kier alpha value is -3.43. The number of alkyl halides is 3. The van der Waals surface area contributed by atoms with Gasteiger partial charge in [-0.2, -0.15) is 18.3 Å². The Bertz CT molecular complexity index is 1040. The van der Waals surface area contributed by atoms with Crippen LogP contribution in [0.25, 0.3) is 5.82 Å². The van der Waals surface area contributed by atoms with Crippen LogP contribution in [0.2, 0.25) is 0 Å². The molecule has 1 N–H and O–H groups in total. The van der Waals surface area contributed by atoms with Gasteiger partial charge in [-0.15, -0.1) is 0 Å². The van der Waals surface area contributed by atoms with Gasteiger partial charge in [-0.05, 0) is 44.0 Å².